The van der Waals surface area contributed by atoms with Gasteiger partial charge in [0.25, 0.3) is 5.91 Å². The van der Waals surface area contributed by atoms with Gasteiger partial charge in [0.2, 0.25) is 0 Å². The summed E-state index contributed by atoms with van der Waals surface area (Å²) in [5.41, 5.74) is 2.23. The maximum absolute atomic E-state index is 13.1. The van der Waals surface area contributed by atoms with Gasteiger partial charge in [-0.25, -0.2) is 4.39 Å². The van der Waals surface area contributed by atoms with Crippen LogP contribution in [0.5, 0.6) is 11.5 Å². The minimum absolute atomic E-state index is 0.0170. The molecule has 5 nitrogen and oxygen atoms in total. The van der Waals surface area contributed by atoms with Gasteiger partial charge in [-0.1, -0.05) is 25.1 Å². The highest BCUT2D eigenvalue weighted by Gasteiger charge is 2.32. The van der Waals surface area contributed by atoms with E-state index in [9.17, 15) is 9.18 Å². The number of hydrogen-bond acceptors (Lipinski definition) is 4. The first-order chi connectivity index (χ1) is 14.4. The summed E-state index contributed by atoms with van der Waals surface area (Å²) in [6.45, 7) is 8.37. The summed E-state index contributed by atoms with van der Waals surface area (Å²) in [5, 5.41) is 0. The first kappa shape index (κ1) is 22.1. The number of benzene rings is 2. The van der Waals surface area contributed by atoms with E-state index in [-0.39, 0.29) is 30.4 Å². The number of methoxy groups -OCH3 is 1. The molecule has 1 aliphatic rings. The van der Waals surface area contributed by atoms with Gasteiger partial charge in [-0.15, -0.1) is 0 Å². The summed E-state index contributed by atoms with van der Waals surface area (Å²) in [7, 11) is 1.60. The highest BCUT2D eigenvalue weighted by Crippen LogP contribution is 2.28. The lowest BCUT2D eigenvalue weighted by Gasteiger charge is -2.44. The van der Waals surface area contributed by atoms with Crippen LogP contribution in [0.1, 0.15) is 31.9 Å². The Labute approximate surface area is 178 Å². The maximum atomic E-state index is 13.1. The van der Waals surface area contributed by atoms with Crippen LogP contribution in [-0.2, 0) is 17.8 Å². The Morgan fingerprint density at radius 3 is 2.40 bits per heavy atom. The topological polar surface area (TPSA) is 42.0 Å². The molecule has 0 N–H and O–H groups in total. The van der Waals surface area contributed by atoms with E-state index in [0.717, 1.165) is 30.6 Å². The summed E-state index contributed by atoms with van der Waals surface area (Å²) in [5.74, 6) is 0.973. The van der Waals surface area contributed by atoms with Crippen LogP contribution in [0.15, 0.2) is 42.5 Å². The molecule has 162 valence electrons. The summed E-state index contributed by atoms with van der Waals surface area (Å²) >= 11 is 0. The zero-order chi connectivity index (χ0) is 21.7. The minimum atomic E-state index is -0.225. The van der Waals surface area contributed by atoms with Gasteiger partial charge in [-0.2, -0.15) is 0 Å². The van der Waals surface area contributed by atoms with Gasteiger partial charge in [-0.05, 0) is 55.7 Å². The Kier molecular flexibility index (Phi) is 7.32. The van der Waals surface area contributed by atoms with Gasteiger partial charge in [0.05, 0.1) is 7.11 Å². The van der Waals surface area contributed by atoms with E-state index < -0.39 is 0 Å². The van der Waals surface area contributed by atoms with Crippen LogP contribution in [0.4, 0.5) is 4.39 Å². The number of amides is 1. The molecule has 0 radical (unpaired) electrons. The zero-order valence-electron chi connectivity index (χ0n) is 18.2. The third-order valence-corrected chi connectivity index (χ3v) is 5.72. The fourth-order valence-corrected chi connectivity index (χ4v) is 3.86. The van der Waals surface area contributed by atoms with Gasteiger partial charge in [0.1, 0.15) is 5.82 Å². The molecule has 2 unspecified atom stereocenters. The summed E-state index contributed by atoms with van der Waals surface area (Å²) in [6.07, 6.45) is 0.910. The second kappa shape index (κ2) is 9.94. The molecule has 6 heteroatoms. The fourth-order valence-electron chi connectivity index (χ4n) is 3.86. The van der Waals surface area contributed by atoms with Crippen LogP contribution in [0, 0.1) is 5.82 Å². The Morgan fingerprint density at radius 2 is 1.73 bits per heavy atom. The molecule has 3 rings (SSSR count). The SMILES string of the molecule is CCc1ccc(OCC(=O)N2CC(C)N(Cc3ccc(F)cc3)CC2C)c(OC)c1. The van der Waals surface area contributed by atoms with Crippen molar-refractivity contribution in [2.24, 2.45) is 0 Å². The molecule has 2 aromatic carbocycles. The van der Waals surface area contributed by atoms with Gasteiger partial charge in [0, 0.05) is 31.7 Å². The van der Waals surface area contributed by atoms with E-state index in [4.69, 9.17) is 9.47 Å². The summed E-state index contributed by atoms with van der Waals surface area (Å²) < 4.78 is 24.3. The molecule has 0 saturated carbocycles. The van der Waals surface area contributed by atoms with Crippen molar-refractivity contribution in [1.82, 2.24) is 9.80 Å². The van der Waals surface area contributed by atoms with Crippen molar-refractivity contribution >= 4 is 5.91 Å². The van der Waals surface area contributed by atoms with Crippen LogP contribution < -0.4 is 9.47 Å². The molecule has 1 amide bonds. The van der Waals surface area contributed by atoms with E-state index >= 15 is 0 Å². The predicted octanol–water partition coefficient (Wildman–Crippen LogP) is 3.90. The third kappa shape index (κ3) is 5.30. The minimum Gasteiger partial charge on any atom is -0.493 e. The molecule has 1 fully saturated rings. The number of hydrogen-bond donors (Lipinski definition) is 0. The van der Waals surface area contributed by atoms with Gasteiger partial charge in [0.15, 0.2) is 18.1 Å². The van der Waals surface area contributed by atoms with Crippen molar-refractivity contribution < 1.29 is 18.7 Å². The zero-order valence-corrected chi connectivity index (χ0v) is 18.2. The van der Waals surface area contributed by atoms with E-state index in [1.54, 1.807) is 7.11 Å². The number of ether oxygens (including phenoxy) is 2. The standard InChI is InChI=1S/C24H31FN2O3/c1-5-19-8-11-22(23(12-19)29-4)30-16-24(28)27-14-17(2)26(13-18(27)3)15-20-6-9-21(25)10-7-20/h6-12,17-18H,5,13-16H2,1-4H3. The monoisotopic (exact) mass is 414 g/mol. The van der Waals surface area contributed by atoms with E-state index in [2.05, 4.69) is 25.7 Å². The average molecular weight is 415 g/mol. The van der Waals surface area contributed by atoms with Crippen molar-refractivity contribution in [3.8, 4) is 11.5 Å². The molecule has 1 saturated heterocycles. The fraction of sp³-hybridized carbons (Fsp3) is 0.458. The number of carbonyl (C=O) groups is 1. The Bertz CT molecular complexity index is 856. The Hall–Kier alpha value is -2.60. The number of nitrogens with zero attached hydrogens (tertiary/aromatic N) is 2. The smallest absolute Gasteiger partial charge is 0.260 e. The number of aryl methyl sites for hydroxylation is 1. The first-order valence-electron chi connectivity index (χ1n) is 10.5. The van der Waals surface area contributed by atoms with E-state index in [1.807, 2.05) is 35.2 Å². The van der Waals surface area contributed by atoms with Crippen molar-refractivity contribution in [2.75, 3.05) is 26.8 Å². The molecule has 30 heavy (non-hydrogen) atoms. The van der Waals surface area contributed by atoms with Crippen LogP contribution in [0.2, 0.25) is 0 Å². The van der Waals surface area contributed by atoms with E-state index in [1.165, 1.54) is 12.1 Å². The van der Waals surface area contributed by atoms with Crippen LogP contribution in [0.3, 0.4) is 0 Å². The maximum Gasteiger partial charge on any atom is 0.260 e. The highest BCUT2D eigenvalue weighted by molar-refractivity contribution is 5.78. The highest BCUT2D eigenvalue weighted by atomic mass is 19.1. The number of halogens is 1. The van der Waals surface area contributed by atoms with Crippen molar-refractivity contribution in [2.45, 2.75) is 45.8 Å². The van der Waals surface area contributed by atoms with Gasteiger partial charge in [-0.3, -0.25) is 9.69 Å². The molecule has 1 aliphatic heterocycles. The number of carbonyl (C=O) groups excluding carboxylic acids is 1. The van der Waals surface area contributed by atoms with Crippen molar-refractivity contribution in [3.63, 3.8) is 0 Å². The van der Waals surface area contributed by atoms with Crippen LogP contribution in [0.25, 0.3) is 0 Å². The Balaban J connectivity index is 1.58. The van der Waals surface area contributed by atoms with Crippen molar-refractivity contribution in [1.29, 1.82) is 0 Å². The molecule has 0 aromatic heterocycles. The second-order valence-electron chi connectivity index (χ2n) is 7.93. The van der Waals surface area contributed by atoms with Crippen LogP contribution >= 0.6 is 0 Å². The van der Waals surface area contributed by atoms with Crippen LogP contribution in [-0.4, -0.2) is 54.6 Å². The lowest BCUT2D eigenvalue weighted by Crippen LogP contribution is -2.58. The quantitative estimate of drug-likeness (QED) is 0.689. The lowest BCUT2D eigenvalue weighted by molar-refractivity contribution is -0.139. The summed E-state index contributed by atoms with van der Waals surface area (Å²) in [4.78, 5) is 17.1. The number of rotatable bonds is 7. The molecular weight excluding hydrogens is 383 g/mol. The van der Waals surface area contributed by atoms with E-state index in [0.29, 0.717) is 18.0 Å². The third-order valence-electron chi connectivity index (χ3n) is 5.72. The van der Waals surface area contributed by atoms with Gasteiger partial charge < -0.3 is 14.4 Å². The molecule has 0 bridgehead atoms. The normalized spacial score (nSPS) is 19.6. The average Bonchev–Trinajstić information content (AvgIpc) is 2.75. The molecule has 1 heterocycles. The molecule has 2 aromatic rings. The number of piperazine rings is 1. The first-order valence-corrected chi connectivity index (χ1v) is 10.5. The van der Waals surface area contributed by atoms with Crippen molar-refractivity contribution in [3.05, 3.63) is 59.4 Å². The largest absolute Gasteiger partial charge is 0.493 e. The summed E-state index contributed by atoms with van der Waals surface area (Å²) in [6, 6.07) is 12.7. The molecule has 0 aliphatic carbocycles. The van der Waals surface area contributed by atoms with Gasteiger partial charge >= 0.3 is 0 Å². The predicted molar refractivity (Wildman–Crippen MR) is 115 cm³/mol. The second-order valence-corrected chi connectivity index (χ2v) is 7.93. The Morgan fingerprint density at radius 1 is 1.03 bits per heavy atom. The molecular formula is C24H31FN2O3. The lowest BCUT2D eigenvalue weighted by atomic mass is 10.1. The molecule has 0 spiro atoms. The molecule has 2 atom stereocenters.